The van der Waals surface area contributed by atoms with Crippen LogP contribution >= 0.6 is 11.8 Å². The number of amides is 1. The Kier molecular flexibility index (Phi) is 9.59. The fourth-order valence-electron chi connectivity index (χ4n) is 3.64. The van der Waals surface area contributed by atoms with E-state index in [1.54, 1.807) is 12.0 Å². The van der Waals surface area contributed by atoms with Gasteiger partial charge in [0.25, 0.3) is 5.24 Å². The third-order valence-corrected chi connectivity index (χ3v) is 6.45. The monoisotopic (exact) mass is 457 g/mol. The lowest BCUT2D eigenvalue weighted by atomic mass is 10.0. The Morgan fingerprint density at radius 3 is 2.59 bits per heavy atom. The molecule has 2 aromatic carbocycles. The highest BCUT2D eigenvalue weighted by atomic mass is 32.2. The first-order valence-electron chi connectivity index (χ1n) is 11.0. The van der Waals surface area contributed by atoms with Gasteiger partial charge in [0, 0.05) is 25.3 Å². The van der Waals surface area contributed by atoms with E-state index in [4.69, 9.17) is 9.47 Å². The molecular formula is C25H31NO5S. The van der Waals surface area contributed by atoms with Crippen molar-refractivity contribution in [3.63, 3.8) is 0 Å². The Morgan fingerprint density at radius 2 is 1.88 bits per heavy atom. The van der Waals surface area contributed by atoms with Crippen molar-refractivity contribution in [2.45, 2.75) is 51.0 Å². The summed E-state index contributed by atoms with van der Waals surface area (Å²) in [5.41, 5.74) is 2.08. The van der Waals surface area contributed by atoms with Crippen LogP contribution < -0.4 is 4.74 Å². The zero-order valence-electron chi connectivity index (χ0n) is 18.4. The zero-order chi connectivity index (χ0) is 22.8. The molecule has 0 aromatic heterocycles. The van der Waals surface area contributed by atoms with Crippen LogP contribution in [0.3, 0.4) is 0 Å². The fraction of sp³-hybridized carbons (Fsp3) is 0.440. The zero-order valence-corrected chi connectivity index (χ0v) is 19.3. The predicted octanol–water partition coefficient (Wildman–Crippen LogP) is 4.44. The summed E-state index contributed by atoms with van der Waals surface area (Å²) in [7, 11) is 1.60. The van der Waals surface area contributed by atoms with E-state index < -0.39 is 12.1 Å². The predicted molar refractivity (Wildman–Crippen MR) is 126 cm³/mol. The smallest absolute Gasteiger partial charge is 0.282 e. The lowest BCUT2D eigenvalue weighted by Crippen LogP contribution is -2.40. The first-order valence-corrected chi connectivity index (χ1v) is 11.9. The highest BCUT2D eigenvalue weighted by Gasteiger charge is 2.37. The molecule has 1 saturated heterocycles. The number of ketones is 1. The van der Waals surface area contributed by atoms with Crippen LogP contribution in [0.4, 0.5) is 4.79 Å². The van der Waals surface area contributed by atoms with E-state index in [2.05, 4.69) is 0 Å². The van der Waals surface area contributed by atoms with Gasteiger partial charge in [0.2, 0.25) is 0 Å². The van der Waals surface area contributed by atoms with Gasteiger partial charge < -0.3 is 19.5 Å². The summed E-state index contributed by atoms with van der Waals surface area (Å²) in [5, 5.41) is 10.2. The molecule has 0 unspecified atom stereocenters. The molecule has 0 aliphatic carbocycles. The summed E-state index contributed by atoms with van der Waals surface area (Å²) in [5.74, 6) is 1.11. The van der Waals surface area contributed by atoms with Gasteiger partial charge in [-0.1, -0.05) is 54.2 Å². The second-order valence-corrected chi connectivity index (χ2v) is 8.90. The van der Waals surface area contributed by atoms with Gasteiger partial charge in [0.1, 0.15) is 11.8 Å². The largest absolute Gasteiger partial charge is 0.497 e. The number of methoxy groups -OCH3 is 1. The van der Waals surface area contributed by atoms with Crippen LogP contribution in [0.15, 0.2) is 54.6 Å². The normalized spacial score (nSPS) is 16.9. The number of ether oxygens (including phenoxy) is 2. The number of unbranched alkanes of at least 4 members (excludes halogenated alkanes) is 1. The van der Waals surface area contributed by atoms with Gasteiger partial charge in [-0.2, -0.15) is 0 Å². The third-order valence-electron chi connectivity index (χ3n) is 5.48. The first-order chi connectivity index (χ1) is 15.6. The van der Waals surface area contributed by atoms with Crippen molar-refractivity contribution in [2.75, 3.05) is 19.5 Å². The summed E-state index contributed by atoms with van der Waals surface area (Å²) in [6.07, 6.45) is 1.55. The van der Waals surface area contributed by atoms with Crippen molar-refractivity contribution in [1.29, 1.82) is 0 Å². The van der Waals surface area contributed by atoms with Crippen LogP contribution in [0, 0.1) is 0 Å². The Bertz CT molecular complexity index is 858. The Labute approximate surface area is 193 Å². The number of rotatable bonds is 13. The number of carbonyl (C=O) groups is 2. The molecule has 0 radical (unpaired) electrons. The van der Waals surface area contributed by atoms with Gasteiger partial charge in [-0.25, -0.2) is 0 Å². The van der Waals surface area contributed by atoms with E-state index in [0.29, 0.717) is 31.9 Å². The topological polar surface area (TPSA) is 76.1 Å². The molecule has 2 aromatic rings. The minimum Gasteiger partial charge on any atom is -0.497 e. The molecule has 1 aliphatic heterocycles. The molecule has 32 heavy (non-hydrogen) atoms. The van der Waals surface area contributed by atoms with Gasteiger partial charge in [-0.15, -0.1) is 0 Å². The maximum Gasteiger partial charge on any atom is 0.282 e. The number of hydrogen-bond acceptors (Lipinski definition) is 6. The van der Waals surface area contributed by atoms with Crippen molar-refractivity contribution in [3.05, 3.63) is 65.7 Å². The lowest BCUT2D eigenvalue weighted by Gasteiger charge is -2.24. The van der Waals surface area contributed by atoms with Gasteiger partial charge in [-0.3, -0.25) is 9.59 Å². The number of nitrogens with zero attached hydrogens (tertiary/aromatic N) is 1. The highest BCUT2D eigenvalue weighted by molar-refractivity contribution is 8.13. The third kappa shape index (κ3) is 7.36. The molecule has 172 valence electrons. The molecule has 1 heterocycles. The van der Waals surface area contributed by atoms with Crippen molar-refractivity contribution in [2.24, 2.45) is 0 Å². The standard InChI is InChI=1S/C25H31NO5S/c1-30-22-12-10-19(11-13-22)16-26-23(18-32-25(26)29)24(28)15-21(27)9-5-6-14-31-17-20-7-3-2-4-8-20/h2-4,7-8,10-13,21,23,27H,5-6,9,14-18H2,1H3/t21-,23+/m1/s1. The van der Waals surface area contributed by atoms with Crippen LogP contribution in [0.1, 0.15) is 36.8 Å². The van der Waals surface area contributed by atoms with Crippen LogP contribution in [0.5, 0.6) is 5.75 Å². The first kappa shape index (κ1) is 24.3. The fourth-order valence-corrected chi connectivity index (χ4v) is 4.66. The SMILES string of the molecule is COc1ccc(CN2C(=O)SC[C@H]2C(=O)C[C@H](O)CCCCOCc2ccccc2)cc1. The van der Waals surface area contributed by atoms with E-state index in [1.165, 1.54) is 0 Å². The van der Waals surface area contributed by atoms with Crippen LogP contribution in [-0.4, -0.2) is 52.6 Å². The average molecular weight is 458 g/mol. The summed E-state index contributed by atoms with van der Waals surface area (Å²) in [4.78, 5) is 26.7. The van der Waals surface area contributed by atoms with E-state index in [9.17, 15) is 14.7 Å². The Morgan fingerprint density at radius 1 is 1.12 bits per heavy atom. The number of Topliss-reactive ketones (excluding diaryl/α,β-unsaturated/α-hetero) is 1. The number of hydrogen-bond donors (Lipinski definition) is 1. The molecule has 0 spiro atoms. The molecule has 1 amide bonds. The number of benzene rings is 2. The van der Waals surface area contributed by atoms with Gasteiger partial charge >= 0.3 is 0 Å². The summed E-state index contributed by atoms with van der Waals surface area (Å²) >= 11 is 1.16. The van der Waals surface area contributed by atoms with E-state index in [-0.39, 0.29) is 17.4 Å². The summed E-state index contributed by atoms with van der Waals surface area (Å²) in [6.45, 7) is 1.58. The molecule has 1 aliphatic rings. The van der Waals surface area contributed by atoms with Gasteiger partial charge in [0.05, 0.1) is 19.8 Å². The Balaban J connectivity index is 1.37. The number of thioether (sulfide) groups is 1. The number of aliphatic hydroxyl groups is 1. The van der Waals surface area contributed by atoms with Crippen LogP contribution in [0.2, 0.25) is 0 Å². The van der Waals surface area contributed by atoms with Gasteiger partial charge in [0.15, 0.2) is 5.78 Å². The average Bonchev–Trinajstić information content (AvgIpc) is 3.17. The maximum atomic E-state index is 12.8. The summed E-state index contributed by atoms with van der Waals surface area (Å²) < 4.78 is 10.8. The minimum atomic E-state index is -0.694. The Hall–Kier alpha value is -2.35. The lowest BCUT2D eigenvalue weighted by molar-refractivity contribution is -0.124. The van der Waals surface area contributed by atoms with Crippen molar-refractivity contribution in [1.82, 2.24) is 4.90 Å². The summed E-state index contributed by atoms with van der Waals surface area (Å²) in [6, 6.07) is 17.0. The number of aliphatic hydroxyl groups excluding tert-OH is 1. The maximum absolute atomic E-state index is 12.8. The van der Waals surface area contributed by atoms with Gasteiger partial charge in [-0.05, 0) is 42.5 Å². The number of carbonyl (C=O) groups excluding carboxylic acids is 2. The molecule has 7 heteroatoms. The molecule has 2 atom stereocenters. The molecule has 6 nitrogen and oxygen atoms in total. The minimum absolute atomic E-state index is 0.0719. The van der Waals surface area contributed by atoms with Crippen molar-refractivity contribution in [3.8, 4) is 5.75 Å². The molecule has 3 rings (SSSR count). The molecule has 0 saturated carbocycles. The quantitative estimate of drug-likeness (QED) is 0.448. The van der Waals surface area contributed by atoms with E-state index in [0.717, 1.165) is 41.5 Å². The molecular weight excluding hydrogens is 426 g/mol. The van der Waals surface area contributed by atoms with E-state index in [1.807, 2.05) is 54.6 Å². The highest BCUT2D eigenvalue weighted by Crippen LogP contribution is 2.28. The van der Waals surface area contributed by atoms with Crippen molar-refractivity contribution < 1.29 is 24.2 Å². The van der Waals surface area contributed by atoms with Crippen molar-refractivity contribution >= 4 is 22.8 Å². The van der Waals surface area contributed by atoms with Crippen LogP contribution in [-0.2, 0) is 22.7 Å². The molecule has 1 fully saturated rings. The second-order valence-electron chi connectivity index (χ2n) is 7.93. The molecule has 0 bridgehead atoms. The second kappa shape index (κ2) is 12.6. The van der Waals surface area contributed by atoms with Crippen LogP contribution in [0.25, 0.3) is 0 Å². The molecule has 1 N–H and O–H groups in total. The van der Waals surface area contributed by atoms with E-state index >= 15 is 0 Å².